The van der Waals surface area contributed by atoms with Crippen LogP contribution in [0.3, 0.4) is 0 Å². The lowest BCUT2D eigenvalue weighted by molar-refractivity contribution is -0.148. The first-order valence-electron chi connectivity index (χ1n) is 7.38. The van der Waals surface area contributed by atoms with Crippen LogP contribution in [0.15, 0.2) is 11.8 Å². The van der Waals surface area contributed by atoms with Gasteiger partial charge in [0.15, 0.2) is 0 Å². The van der Waals surface area contributed by atoms with Crippen molar-refractivity contribution in [3.8, 4) is 0 Å². The lowest BCUT2D eigenvalue weighted by Crippen LogP contribution is -2.60. The molecule has 0 saturated heterocycles. The van der Waals surface area contributed by atoms with E-state index < -0.39 is 48.8 Å². The number of hydrogen-bond donors (Lipinski definition) is 6. The molecule has 1 rings (SSSR count). The zero-order valence-corrected chi connectivity index (χ0v) is 12.7. The first kappa shape index (κ1) is 18.9. The monoisotopic (exact) mass is 319 g/mol. The minimum absolute atomic E-state index is 0.0315. The average molecular weight is 319 g/mol. The molecule has 0 bridgehead atoms. The number of carboxylic acids is 1. The molecule has 22 heavy (non-hydrogen) atoms. The van der Waals surface area contributed by atoms with Gasteiger partial charge in [0.25, 0.3) is 0 Å². The van der Waals surface area contributed by atoms with E-state index in [1.54, 1.807) is 0 Å². The Morgan fingerprint density at radius 1 is 1.36 bits per heavy atom. The molecule has 0 aromatic heterocycles. The summed E-state index contributed by atoms with van der Waals surface area (Å²) >= 11 is 0. The molecule has 1 aliphatic heterocycles. The molecule has 1 aliphatic rings. The van der Waals surface area contributed by atoms with Crippen molar-refractivity contribution >= 4 is 5.97 Å². The SMILES string of the molecule is CCC(CC)N[C@H]1[C@H]([C@H](O)C(O)CO)OC(C(=O)O)=C[C@@H]1O. The second-order valence-corrected chi connectivity index (χ2v) is 5.36. The molecule has 5 atom stereocenters. The maximum Gasteiger partial charge on any atom is 0.370 e. The number of carbonyl (C=O) groups is 1. The van der Waals surface area contributed by atoms with E-state index in [-0.39, 0.29) is 6.04 Å². The number of carboxylic acid groups (broad SMARTS) is 1. The highest BCUT2D eigenvalue weighted by Crippen LogP contribution is 2.23. The third-order valence-corrected chi connectivity index (χ3v) is 3.85. The van der Waals surface area contributed by atoms with Crippen molar-refractivity contribution < 1.29 is 35.1 Å². The summed E-state index contributed by atoms with van der Waals surface area (Å²) in [5, 5.41) is 50.9. The molecular formula is C14H25NO7. The fourth-order valence-electron chi connectivity index (χ4n) is 2.43. The molecule has 8 nitrogen and oxygen atoms in total. The molecular weight excluding hydrogens is 294 g/mol. The van der Waals surface area contributed by atoms with Gasteiger partial charge in [0.05, 0.1) is 18.8 Å². The van der Waals surface area contributed by atoms with Crippen molar-refractivity contribution in [2.75, 3.05) is 6.61 Å². The van der Waals surface area contributed by atoms with E-state index in [1.807, 2.05) is 13.8 Å². The second kappa shape index (κ2) is 8.44. The summed E-state index contributed by atoms with van der Waals surface area (Å²) in [5.41, 5.74) is 0. The number of aliphatic hydroxyl groups excluding tert-OH is 4. The van der Waals surface area contributed by atoms with Gasteiger partial charge in [-0.05, 0) is 18.9 Å². The van der Waals surface area contributed by atoms with E-state index in [4.69, 9.17) is 14.9 Å². The summed E-state index contributed by atoms with van der Waals surface area (Å²) in [6.45, 7) is 3.19. The minimum atomic E-state index is -1.55. The fraction of sp³-hybridized carbons (Fsp3) is 0.786. The molecule has 0 aliphatic carbocycles. The van der Waals surface area contributed by atoms with Gasteiger partial charge in [-0.15, -0.1) is 0 Å². The normalized spacial score (nSPS) is 28.0. The van der Waals surface area contributed by atoms with E-state index in [9.17, 15) is 20.1 Å². The molecule has 6 N–H and O–H groups in total. The molecule has 0 aromatic rings. The van der Waals surface area contributed by atoms with Crippen LogP contribution in [-0.4, -0.2) is 74.6 Å². The van der Waals surface area contributed by atoms with Crippen LogP contribution in [0, 0.1) is 0 Å². The highest BCUT2D eigenvalue weighted by molar-refractivity contribution is 5.84. The Morgan fingerprint density at radius 2 is 1.95 bits per heavy atom. The molecule has 0 saturated carbocycles. The van der Waals surface area contributed by atoms with E-state index >= 15 is 0 Å². The van der Waals surface area contributed by atoms with Crippen molar-refractivity contribution in [1.82, 2.24) is 5.32 Å². The topological polar surface area (TPSA) is 139 Å². The van der Waals surface area contributed by atoms with Gasteiger partial charge in [-0.2, -0.15) is 0 Å². The smallest absolute Gasteiger partial charge is 0.370 e. The number of rotatable bonds is 8. The molecule has 0 fully saturated rings. The number of hydrogen-bond acceptors (Lipinski definition) is 7. The summed E-state index contributed by atoms with van der Waals surface area (Å²) in [6.07, 6.45) is -2.87. The van der Waals surface area contributed by atoms with Crippen molar-refractivity contribution in [2.45, 2.75) is 63.2 Å². The van der Waals surface area contributed by atoms with Crippen LogP contribution in [-0.2, 0) is 9.53 Å². The summed E-state index contributed by atoms with van der Waals surface area (Å²) in [6, 6.07) is -0.770. The molecule has 0 aromatic carbocycles. The third kappa shape index (κ3) is 4.40. The Hall–Kier alpha value is -1.19. The third-order valence-electron chi connectivity index (χ3n) is 3.85. The van der Waals surface area contributed by atoms with Gasteiger partial charge in [0, 0.05) is 6.04 Å². The van der Waals surface area contributed by atoms with Crippen molar-refractivity contribution in [2.24, 2.45) is 0 Å². The van der Waals surface area contributed by atoms with Gasteiger partial charge < -0.3 is 35.6 Å². The minimum Gasteiger partial charge on any atom is -0.479 e. The van der Waals surface area contributed by atoms with Crippen molar-refractivity contribution in [1.29, 1.82) is 0 Å². The lowest BCUT2D eigenvalue weighted by atomic mass is 9.92. The second-order valence-electron chi connectivity index (χ2n) is 5.36. The number of ether oxygens (including phenoxy) is 1. The lowest BCUT2D eigenvalue weighted by Gasteiger charge is -2.39. The highest BCUT2D eigenvalue weighted by Gasteiger charge is 2.42. The predicted octanol–water partition coefficient (Wildman–Crippen LogP) is -1.42. The van der Waals surface area contributed by atoms with Crippen LogP contribution in [0.25, 0.3) is 0 Å². The van der Waals surface area contributed by atoms with Crippen LogP contribution in [0.2, 0.25) is 0 Å². The van der Waals surface area contributed by atoms with Gasteiger partial charge in [-0.3, -0.25) is 0 Å². The van der Waals surface area contributed by atoms with E-state index in [0.29, 0.717) is 0 Å². The molecule has 128 valence electrons. The van der Waals surface area contributed by atoms with Gasteiger partial charge in [-0.25, -0.2) is 4.79 Å². The Bertz CT molecular complexity index is 397. The van der Waals surface area contributed by atoms with Crippen LogP contribution < -0.4 is 5.32 Å². The summed E-state index contributed by atoms with van der Waals surface area (Å²) in [5.74, 6) is -1.87. The van der Waals surface area contributed by atoms with Crippen LogP contribution in [0.1, 0.15) is 26.7 Å². The maximum atomic E-state index is 11.0. The van der Waals surface area contributed by atoms with Crippen LogP contribution in [0.4, 0.5) is 0 Å². The zero-order chi connectivity index (χ0) is 16.9. The first-order chi connectivity index (χ1) is 10.3. The molecule has 0 radical (unpaired) electrons. The Morgan fingerprint density at radius 3 is 2.41 bits per heavy atom. The van der Waals surface area contributed by atoms with E-state index in [1.165, 1.54) is 0 Å². The van der Waals surface area contributed by atoms with Gasteiger partial charge in [-0.1, -0.05) is 13.8 Å². The van der Waals surface area contributed by atoms with Gasteiger partial charge >= 0.3 is 5.97 Å². The first-order valence-corrected chi connectivity index (χ1v) is 7.38. The Labute approximate surface area is 129 Å². The zero-order valence-electron chi connectivity index (χ0n) is 12.7. The fourth-order valence-corrected chi connectivity index (χ4v) is 2.43. The highest BCUT2D eigenvalue weighted by atomic mass is 16.5. The molecule has 0 amide bonds. The van der Waals surface area contributed by atoms with E-state index in [0.717, 1.165) is 18.9 Å². The summed E-state index contributed by atoms with van der Waals surface area (Å²) < 4.78 is 5.22. The predicted molar refractivity (Wildman–Crippen MR) is 77.0 cm³/mol. The summed E-state index contributed by atoms with van der Waals surface area (Å²) in [4.78, 5) is 11.0. The van der Waals surface area contributed by atoms with Crippen LogP contribution in [0.5, 0.6) is 0 Å². The Kier molecular flexibility index (Phi) is 7.24. The summed E-state index contributed by atoms with van der Waals surface area (Å²) in [7, 11) is 0. The molecule has 8 heteroatoms. The maximum absolute atomic E-state index is 11.0. The van der Waals surface area contributed by atoms with Gasteiger partial charge in [0.1, 0.15) is 18.3 Å². The molecule has 1 unspecified atom stereocenters. The number of nitrogens with one attached hydrogen (secondary N) is 1. The van der Waals surface area contributed by atoms with Crippen LogP contribution >= 0.6 is 0 Å². The molecule has 1 heterocycles. The van der Waals surface area contributed by atoms with E-state index in [2.05, 4.69) is 5.32 Å². The average Bonchev–Trinajstić information content (AvgIpc) is 2.51. The number of aliphatic hydroxyl groups is 4. The van der Waals surface area contributed by atoms with Crippen molar-refractivity contribution in [3.05, 3.63) is 11.8 Å². The largest absolute Gasteiger partial charge is 0.479 e. The van der Waals surface area contributed by atoms with Gasteiger partial charge in [0.2, 0.25) is 5.76 Å². The Balaban J connectivity index is 3.03. The molecule has 0 spiro atoms. The number of aliphatic carboxylic acids is 1. The quantitative estimate of drug-likeness (QED) is 0.320. The van der Waals surface area contributed by atoms with Crippen molar-refractivity contribution in [3.63, 3.8) is 0 Å². The standard InChI is InChI=1S/C14H25NO7/c1-3-7(4-2)15-11-8(17)5-10(14(20)21)22-13(11)12(19)9(18)6-16/h5,7-9,11-13,15-19H,3-4,6H2,1-2H3,(H,20,21)/t8-,9?,11+,12+,13+/m0/s1.